The number of anilines is 1. The Morgan fingerprint density at radius 3 is 2.73 bits per heavy atom. The van der Waals surface area contributed by atoms with E-state index in [2.05, 4.69) is 26.2 Å². The molecule has 0 atom stereocenters. The number of hydrogen-bond donors (Lipinski definition) is 2. The summed E-state index contributed by atoms with van der Waals surface area (Å²) >= 11 is 10.1. The molecule has 0 saturated carbocycles. The zero-order chi connectivity index (χ0) is 21.4. The topological polar surface area (TPSA) is 86.1 Å². The monoisotopic (exact) mass is 486 g/mol. The van der Waals surface area contributed by atoms with Crippen LogP contribution in [-0.2, 0) is 13.0 Å². The number of imidazole rings is 1. The van der Waals surface area contributed by atoms with E-state index in [1.54, 1.807) is 19.6 Å². The summed E-state index contributed by atoms with van der Waals surface area (Å²) in [5, 5.41) is 2.85. The summed E-state index contributed by atoms with van der Waals surface area (Å²) in [4.78, 5) is 17.0. The van der Waals surface area contributed by atoms with Gasteiger partial charge in [-0.05, 0) is 39.2 Å². The number of nitrogen functional groups attached to an aromatic ring is 1. The van der Waals surface area contributed by atoms with Crippen molar-refractivity contribution >= 4 is 39.1 Å². The fraction of sp³-hybridized carbons (Fsp3) is 0.182. The van der Waals surface area contributed by atoms with Crippen molar-refractivity contribution in [2.24, 2.45) is 0 Å². The smallest absolute Gasteiger partial charge is 0.270 e. The van der Waals surface area contributed by atoms with Gasteiger partial charge in [-0.2, -0.15) is 0 Å². The molecule has 1 aliphatic carbocycles. The van der Waals surface area contributed by atoms with Gasteiger partial charge in [-0.3, -0.25) is 4.79 Å². The molecule has 0 saturated heterocycles. The van der Waals surface area contributed by atoms with Crippen LogP contribution in [0.4, 0.5) is 5.69 Å². The molecule has 1 amide bonds. The first kappa shape index (κ1) is 20.5. The lowest BCUT2D eigenvalue weighted by atomic mass is 10.0. The van der Waals surface area contributed by atoms with E-state index < -0.39 is 0 Å². The molecule has 154 valence electrons. The average Bonchev–Trinajstić information content (AvgIpc) is 3.22. The predicted octanol–water partition coefficient (Wildman–Crippen LogP) is 5.22. The lowest BCUT2D eigenvalue weighted by Crippen LogP contribution is -2.23. The van der Waals surface area contributed by atoms with Crippen LogP contribution in [0.5, 0.6) is 0 Å². The van der Waals surface area contributed by atoms with Gasteiger partial charge >= 0.3 is 0 Å². The highest BCUT2D eigenvalue weighted by Gasteiger charge is 2.27. The summed E-state index contributed by atoms with van der Waals surface area (Å²) in [5.41, 5.74) is 12.1. The number of rotatable bonds is 5. The summed E-state index contributed by atoms with van der Waals surface area (Å²) in [7, 11) is 1.58. The highest BCUT2D eigenvalue weighted by atomic mass is 79.9. The van der Waals surface area contributed by atoms with E-state index in [0.29, 0.717) is 24.3 Å². The quantitative estimate of drug-likeness (QED) is 0.378. The first-order valence-corrected chi connectivity index (χ1v) is 10.6. The summed E-state index contributed by atoms with van der Waals surface area (Å²) in [6, 6.07) is 9.62. The number of hydrogen-bond acceptors (Lipinski definition) is 4. The highest BCUT2D eigenvalue weighted by molar-refractivity contribution is 9.10. The van der Waals surface area contributed by atoms with Crippen molar-refractivity contribution in [1.29, 1.82) is 0 Å². The van der Waals surface area contributed by atoms with Crippen LogP contribution in [0.15, 0.2) is 51.7 Å². The van der Waals surface area contributed by atoms with Crippen LogP contribution in [0, 0.1) is 0 Å². The minimum atomic E-state index is -0.280. The van der Waals surface area contributed by atoms with Crippen LogP contribution in [-0.4, -0.2) is 22.5 Å². The fourth-order valence-corrected chi connectivity index (χ4v) is 4.82. The standard InChI is InChI=1S/C22H20BrClN4O2/c1-3-17-27-21(24)20(22(29)26-2)28(17)10-14-12-8-9-30-11-15(12)19(23)18(14)13-6-4-5-7-16(13)25/h4-9,11H,3,10,25H2,1-2H3,(H,26,29). The Labute approximate surface area is 187 Å². The number of nitrogens with zero attached hydrogens (tertiary/aromatic N) is 2. The van der Waals surface area contributed by atoms with Gasteiger partial charge in [0.2, 0.25) is 0 Å². The summed E-state index contributed by atoms with van der Waals surface area (Å²) in [6.07, 6.45) is 3.97. The first-order chi connectivity index (χ1) is 14.5. The van der Waals surface area contributed by atoms with Crippen LogP contribution < -0.4 is 11.1 Å². The van der Waals surface area contributed by atoms with Crippen LogP contribution >= 0.6 is 27.5 Å². The Morgan fingerprint density at radius 2 is 2.03 bits per heavy atom. The molecule has 0 spiro atoms. The molecule has 8 heteroatoms. The molecule has 6 nitrogen and oxygen atoms in total. The van der Waals surface area contributed by atoms with Gasteiger partial charge in [-0.1, -0.05) is 36.7 Å². The van der Waals surface area contributed by atoms with Gasteiger partial charge in [0.1, 0.15) is 11.5 Å². The van der Waals surface area contributed by atoms with Gasteiger partial charge < -0.3 is 20.0 Å². The van der Waals surface area contributed by atoms with E-state index >= 15 is 0 Å². The lowest BCUT2D eigenvalue weighted by Gasteiger charge is -2.14. The second-order valence-corrected chi connectivity index (χ2v) is 7.98. The van der Waals surface area contributed by atoms with E-state index in [1.807, 2.05) is 41.8 Å². The van der Waals surface area contributed by atoms with Gasteiger partial charge in [0.25, 0.3) is 5.91 Å². The lowest BCUT2D eigenvalue weighted by molar-refractivity contribution is 0.0954. The van der Waals surface area contributed by atoms with E-state index in [-0.39, 0.29) is 11.1 Å². The van der Waals surface area contributed by atoms with Crippen molar-refractivity contribution in [3.8, 4) is 22.3 Å². The molecule has 30 heavy (non-hydrogen) atoms. The molecular weight excluding hydrogens is 468 g/mol. The minimum Gasteiger partial charge on any atom is -0.472 e. The molecule has 1 aliphatic heterocycles. The number of nitrogens with one attached hydrogen (secondary N) is 1. The van der Waals surface area contributed by atoms with Crippen molar-refractivity contribution in [3.05, 3.63) is 69.6 Å². The molecule has 4 rings (SSSR count). The molecular formula is C22H20BrClN4O2. The molecule has 0 fully saturated rings. The second kappa shape index (κ2) is 8.16. The van der Waals surface area contributed by atoms with E-state index in [1.165, 1.54) is 0 Å². The Morgan fingerprint density at radius 1 is 1.27 bits per heavy atom. The van der Waals surface area contributed by atoms with E-state index in [4.69, 9.17) is 21.8 Å². The van der Waals surface area contributed by atoms with Gasteiger partial charge in [-0.15, -0.1) is 0 Å². The summed E-state index contributed by atoms with van der Waals surface area (Å²) in [5.74, 6) is 0.453. The number of benzene rings is 1. The number of amides is 1. The molecule has 2 heterocycles. The Balaban J connectivity index is 1.99. The average molecular weight is 488 g/mol. The number of aryl methyl sites for hydroxylation is 1. The number of carbonyl (C=O) groups excluding carboxylic acids is 1. The zero-order valence-electron chi connectivity index (χ0n) is 16.5. The van der Waals surface area contributed by atoms with Crippen LogP contribution in [0.1, 0.15) is 28.8 Å². The third kappa shape index (κ3) is 3.28. The maximum Gasteiger partial charge on any atom is 0.270 e. The van der Waals surface area contributed by atoms with E-state index in [0.717, 1.165) is 38.1 Å². The number of halogens is 2. The Hall–Kier alpha value is -2.77. The molecule has 1 aromatic heterocycles. The Kier molecular flexibility index (Phi) is 5.58. The molecule has 2 aromatic rings. The molecule has 0 radical (unpaired) electrons. The highest BCUT2D eigenvalue weighted by Crippen LogP contribution is 2.47. The molecule has 0 unspecified atom stereocenters. The molecule has 2 aliphatic rings. The number of fused-ring (bicyclic) bond motifs is 1. The summed E-state index contributed by atoms with van der Waals surface area (Å²) < 4.78 is 8.18. The van der Waals surface area contributed by atoms with Gasteiger partial charge in [0.15, 0.2) is 5.15 Å². The van der Waals surface area contributed by atoms with Crippen molar-refractivity contribution in [1.82, 2.24) is 14.9 Å². The normalized spacial score (nSPS) is 11.2. The second-order valence-electron chi connectivity index (χ2n) is 6.83. The van der Waals surface area contributed by atoms with Crippen LogP contribution in [0.3, 0.4) is 0 Å². The van der Waals surface area contributed by atoms with Crippen LogP contribution in [0.25, 0.3) is 22.3 Å². The van der Waals surface area contributed by atoms with Crippen molar-refractivity contribution < 1.29 is 9.21 Å². The fourth-order valence-electron chi connectivity index (χ4n) is 3.77. The number of carbonyl (C=O) groups is 1. The van der Waals surface area contributed by atoms with Crippen molar-refractivity contribution in [3.63, 3.8) is 0 Å². The maximum absolute atomic E-state index is 12.6. The first-order valence-electron chi connectivity index (χ1n) is 9.46. The third-order valence-electron chi connectivity index (χ3n) is 5.18. The number of aromatic nitrogens is 2. The van der Waals surface area contributed by atoms with Gasteiger partial charge in [-0.25, -0.2) is 4.98 Å². The number of nitrogens with two attached hydrogens (primary N) is 1. The van der Waals surface area contributed by atoms with E-state index in [9.17, 15) is 4.79 Å². The molecule has 0 bridgehead atoms. The van der Waals surface area contributed by atoms with Gasteiger partial charge in [0, 0.05) is 40.3 Å². The largest absolute Gasteiger partial charge is 0.472 e. The van der Waals surface area contributed by atoms with Gasteiger partial charge in [0.05, 0.1) is 19.1 Å². The SMILES string of the molecule is CCc1nc(Cl)c(C(=O)NC)n1Cc1c2ccocc-2c(Br)c1-c1ccccc1N. The number of para-hydroxylation sites is 1. The summed E-state index contributed by atoms with van der Waals surface area (Å²) in [6.45, 7) is 2.39. The zero-order valence-corrected chi connectivity index (χ0v) is 18.8. The van der Waals surface area contributed by atoms with Crippen molar-refractivity contribution in [2.75, 3.05) is 12.8 Å². The predicted molar refractivity (Wildman–Crippen MR) is 122 cm³/mol. The third-order valence-corrected chi connectivity index (χ3v) is 6.27. The minimum absolute atomic E-state index is 0.192. The van der Waals surface area contributed by atoms with Crippen LogP contribution in [0.2, 0.25) is 5.15 Å². The maximum atomic E-state index is 12.6. The molecule has 1 aromatic carbocycles. The van der Waals surface area contributed by atoms with Crippen molar-refractivity contribution in [2.45, 2.75) is 19.9 Å². The molecule has 3 N–H and O–H groups in total. The Bertz CT molecular complexity index is 1210.